The fourth-order valence-corrected chi connectivity index (χ4v) is 2.31. The van der Waals surface area contributed by atoms with E-state index in [4.69, 9.17) is 0 Å². The van der Waals surface area contributed by atoms with Crippen LogP contribution in [0.25, 0.3) is 0 Å². The van der Waals surface area contributed by atoms with Crippen molar-refractivity contribution < 1.29 is 24.0 Å². The Morgan fingerprint density at radius 2 is 1.80 bits per heavy atom. The third-order valence-electron chi connectivity index (χ3n) is 3.52. The van der Waals surface area contributed by atoms with Gasteiger partial charge in [-0.05, 0) is 17.7 Å². The van der Waals surface area contributed by atoms with Gasteiger partial charge in [-0.2, -0.15) is 0 Å². The topological polar surface area (TPSA) is 110 Å². The number of aliphatic carboxylic acids is 1. The molecule has 25 heavy (non-hydrogen) atoms. The summed E-state index contributed by atoms with van der Waals surface area (Å²) in [7, 11) is 0. The van der Waals surface area contributed by atoms with Crippen molar-refractivity contribution >= 4 is 17.6 Å². The fourth-order valence-electron chi connectivity index (χ4n) is 2.31. The zero-order valence-corrected chi connectivity index (χ0v) is 13.0. The van der Waals surface area contributed by atoms with E-state index < -0.39 is 28.7 Å². The largest absolute Gasteiger partial charge is 0.480 e. The fraction of sp³-hybridized carbons (Fsp3) is 0.176. The molecule has 8 heteroatoms. The number of amides is 1. The minimum absolute atomic E-state index is 0.124. The number of carboxylic acid groups (broad SMARTS) is 1. The SMILES string of the molecule is O=C(Cc1ccc(F)cc1)N[C@H](Cc1ccccc1[N+](=O)[O-])C(=O)O. The van der Waals surface area contributed by atoms with E-state index >= 15 is 0 Å². The molecule has 0 bridgehead atoms. The van der Waals surface area contributed by atoms with Crippen molar-refractivity contribution in [1.82, 2.24) is 5.32 Å². The average molecular weight is 346 g/mol. The number of para-hydroxylation sites is 1. The van der Waals surface area contributed by atoms with Crippen molar-refractivity contribution in [3.05, 3.63) is 75.6 Å². The van der Waals surface area contributed by atoms with Gasteiger partial charge < -0.3 is 10.4 Å². The predicted molar refractivity (Wildman–Crippen MR) is 86.5 cm³/mol. The second-order valence-corrected chi connectivity index (χ2v) is 5.35. The summed E-state index contributed by atoms with van der Waals surface area (Å²) < 4.78 is 12.9. The molecule has 0 heterocycles. The molecule has 0 aliphatic heterocycles. The van der Waals surface area contributed by atoms with E-state index in [0.717, 1.165) is 0 Å². The lowest BCUT2D eigenvalue weighted by molar-refractivity contribution is -0.385. The van der Waals surface area contributed by atoms with E-state index in [1.54, 1.807) is 6.07 Å². The van der Waals surface area contributed by atoms with Crippen LogP contribution < -0.4 is 5.32 Å². The molecule has 0 fully saturated rings. The van der Waals surface area contributed by atoms with Gasteiger partial charge in [-0.15, -0.1) is 0 Å². The van der Waals surface area contributed by atoms with Crippen molar-refractivity contribution in [2.45, 2.75) is 18.9 Å². The molecule has 0 aromatic heterocycles. The van der Waals surface area contributed by atoms with Crippen LogP contribution in [0, 0.1) is 15.9 Å². The van der Waals surface area contributed by atoms with Crippen molar-refractivity contribution in [2.75, 3.05) is 0 Å². The number of carbonyl (C=O) groups is 2. The first-order valence-corrected chi connectivity index (χ1v) is 7.35. The van der Waals surface area contributed by atoms with Crippen LogP contribution in [0.1, 0.15) is 11.1 Å². The number of carboxylic acids is 1. The van der Waals surface area contributed by atoms with Crippen LogP contribution in [0.5, 0.6) is 0 Å². The molecule has 0 saturated carbocycles. The number of rotatable bonds is 7. The van der Waals surface area contributed by atoms with Crippen LogP contribution in [0.3, 0.4) is 0 Å². The summed E-state index contributed by atoms with van der Waals surface area (Å²) in [4.78, 5) is 33.8. The number of nitro benzene ring substituents is 1. The minimum Gasteiger partial charge on any atom is -0.480 e. The molecule has 2 aromatic carbocycles. The number of halogens is 1. The predicted octanol–water partition coefficient (Wildman–Crippen LogP) is 2.09. The van der Waals surface area contributed by atoms with Gasteiger partial charge in [-0.25, -0.2) is 9.18 Å². The summed E-state index contributed by atoms with van der Waals surface area (Å²) in [5, 5.41) is 22.6. The Morgan fingerprint density at radius 1 is 1.16 bits per heavy atom. The molecule has 0 aliphatic rings. The van der Waals surface area contributed by atoms with E-state index in [9.17, 15) is 29.2 Å². The molecule has 2 aromatic rings. The summed E-state index contributed by atoms with van der Waals surface area (Å²) in [6.07, 6.45) is -0.345. The van der Waals surface area contributed by atoms with Gasteiger partial charge in [-0.3, -0.25) is 14.9 Å². The van der Waals surface area contributed by atoms with Gasteiger partial charge in [0, 0.05) is 18.1 Å². The number of nitro groups is 1. The molecule has 1 amide bonds. The van der Waals surface area contributed by atoms with E-state index in [1.807, 2.05) is 0 Å². The molecule has 1 atom stereocenters. The zero-order chi connectivity index (χ0) is 18.4. The number of nitrogens with zero attached hydrogens (tertiary/aromatic N) is 1. The number of carbonyl (C=O) groups excluding carboxylic acids is 1. The van der Waals surface area contributed by atoms with Crippen molar-refractivity contribution in [2.24, 2.45) is 0 Å². The Morgan fingerprint density at radius 3 is 2.40 bits per heavy atom. The summed E-state index contributed by atoms with van der Waals surface area (Å²) >= 11 is 0. The Balaban J connectivity index is 2.08. The molecule has 2 N–H and O–H groups in total. The summed E-state index contributed by atoms with van der Waals surface area (Å²) in [6, 6.07) is 9.68. The van der Waals surface area contributed by atoms with Gasteiger partial charge in [-0.1, -0.05) is 30.3 Å². The maximum atomic E-state index is 12.9. The summed E-state index contributed by atoms with van der Waals surface area (Å²) in [6.45, 7) is 0. The highest BCUT2D eigenvalue weighted by molar-refractivity contribution is 5.85. The Labute approximate surface area is 142 Å². The molecule has 0 radical (unpaired) electrons. The van der Waals surface area contributed by atoms with Crippen molar-refractivity contribution in [1.29, 1.82) is 0 Å². The highest BCUT2D eigenvalue weighted by Gasteiger charge is 2.24. The first-order chi connectivity index (χ1) is 11.9. The normalized spacial score (nSPS) is 11.6. The van der Waals surface area contributed by atoms with Crippen LogP contribution in [0.15, 0.2) is 48.5 Å². The highest BCUT2D eigenvalue weighted by atomic mass is 19.1. The highest BCUT2D eigenvalue weighted by Crippen LogP contribution is 2.19. The average Bonchev–Trinajstić information content (AvgIpc) is 2.56. The molecule has 2 rings (SSSR count). The maximum absolute atomic E-state index is 12.9. The molecular weight excluding hydrogens is 331 g/mol. The quantitative estimate of drug-likeness (QED) is 0.589. The van der Waals surface area contributed by atoms with Gasteiger partial charge in [0.05, 0.1) is 11.3 Å². The second-order valence-electron chi connectivity index (χ2n) is 5.35. The molecule has 130 valence electrons. The van der Waals surface area contributed by atoms with Crippen LogP contribution in [-0.4, -0.2) is 27.9 Å². The van der Waals surface area contributed by atoms with Crippen molar-refractivity contribution in [3.8, 4) is 0 Å². The smallest absolute Gasteiger partial charge is 0.326 e. The molecule has 0 spiro atoms. The van der Waals surface area contributed by atoms with Crippen LogP contribution in [-0.2, 0) is 22.4 Å². The lowest BCUT2D eigenvalue weighted by Crippen LogP contribution is -2.43. The Kier molecular flexibility index (Phi) is 5.78. The third kappa shape index (κ3) is 5.10. The van der Waals surface area contributed by atoms with Gasteiger partial charge in [0.25, 0.3) is 5.69 Å². The van der Waals surface area contributed by atoms with Crippen LogP contribution in [0.2, 0.25) is 0 Å². The lowest BCUT2D eigenvalue weighted by Gasteiger charge is -2.15. The summed E-state index contributed by atoms with van der Waals surface area (Å²) in [5.74, 6) is -2.31. The molecule has 7 nitrogen and oxygen atoms in total. The maximum Gasteiger partial charge on any atom is 0.326 e. The van der Waals surface area contributed by atoms with Crippen molar-refractivity contribution in [3.63, 3.8) is 0 Å². The van der Waals surface area contributed by atoms with Gasteiger partial charge >= 0.3 is 5.97 Å². The molecule has 0 aliphatic carbocycles. The first kappa shape index (κ1) is 18.1. The molecular formula is C17H15FN2O5. The van der Waals surface area contributed by atoms with Gasteiger partial charge in [0.15, 0.2) is 0 Å². The van der Waals surface area contributed by atoms with E-state index in [-0.39, 0.29) is 24.1 Å². The Hall–Kier alpha value is -3.29. The lowest BCUT2D eigenvalue weighted by atomic mass is 10.0. The number of hydrogen-bond donors (Lipinski definition) is 2. The zero-order valence-electron chi connectivity index (χ0n) is 13.0. The molecule has 0 unspecified atom stereocenters. The Bertz CT molecular complexity index is 792. The first-order valence-electron chi connectivity index (χ1n) is 7.35. The number of hydrogen-bond acceptors (Lipinski definition) is 4. The number of benzene rings is 2. The second kappa shape index (κ2) is 8.00. The standard InChI is InChI=1S/C17H15FN2O5/c18-13-7-5-11(6-8-13)9-16(21)19-14(17(22)23)10-12-3-1-2-4-15(12)20(24)25/h1-8,14H,9-10H2,(H,19,21)(H,22,23)/t14-/m1/s1. The summed E-state index contributed by atoms with van der Waals surface area (Å²) in [5.41, 5.74) is 0.525. The molecule has 0 saturated heterocycles. The van der Waals surface area contributed by atoms with Crippen LogP contribution in [0.4, 0.5) is 10.1 Å². The van der Waals surface area contributed by atoms with E-state index in [1.165, 1.54) is 42.5 Å². The monoisotopic (exact) mass is 346 g/mol. The van der Waals surface area contributed by atoms with Gasteiger partial charge in [0.1, 0.15) is 11.9 Å². The third-order valence-corrected chi connectivity index (χ3v) is 3.52. The van der Waals surface area contributed by atoms with E-state index in [2.05, 4.69) is 5.32 Å². The van der Waals surface area contributed by atoms with E-state index in [0.29, 0.717) is 5.56 Å². The minimum atomic E-state index is -1.31. The number of nitrogens with one attached hydrogen (secondary N) is 1. The van der Waals surface area contributed by atoms with Crippen LogP contribution >= 0.6 is 0 Å². The van der Waals surface area contributed by atoms with Gasteiger partial charge in [0.2, 0.25) is 5.91 Å².